The minimum Gasteiger partial charge on any atom is -0.462 e. The average Bonchev–Trinajstić information content (AvgIpc) is 2.66. The van der Waals surface area contributed by atoms with Crippen molar-refractivity contribution in [3.63, 3.8) is 0 Å². The van der Waals surface area contributed by atoms with Crippen LogP contribution in [0.4, 0.5) is 5.69 Å². The molecule has 0 radical (unpaired) electrons. The fourth-order valence-electron chi connectivity index (χ4n) is 2.31. The number of amides is 1. The third-order valence-corrected chi connectivity index (χ3v) is 5.26. The highest BCUT2D eigenvalue weighted by Crippen LogP contribution is 2.14. The molecule has 0 spiro atoms. The van der Waals surface area contributed by atoms with E-state index in [-0.39, 0.29) is 22.8 Å². The lowest BCUT2D eigenvalue weighted by Crippen LogP contribution is -2.46. The second-order valence-electron chi connectivity index (χ2n) is 5.96. The van der Waals surface area contributed by atoms with Crippen LogP contribution in [0.2, 0.25) is 0 Å². The highest BCUT2D eigenvalue weighted by Gasteiger charge is 2.25. The number of carbonyl (C=O) groups is 2. The maximum Gasteiger partial charge on any atom is 0.338 e. The monoisotopic (exact) mass is 406 g/mol. The van der Waals surface area contributed by atoms with Crippen molar-refractivity contribution in [2.45, 2.75) is 24.8 Å². The van der Waals surface area contributed by atoms with Gasteiger partial charge in [-0.2, -0.15) is 4.72 Å². The van der Waals surface area contributed by atoms with Crippen LogP contribution in [0.3, 0.4) is 0 Å². The summed E-state index contributed by atoms with van der Waals surface area (Å²) in [4.78, 5) is 24.2. The molecule has 2 aromatic carbocycles. The Morgan fingerprint density at radius 1 is 1.14 bits per heavy atom. The van der Waals surface area contributed by atoms with Gasteiger partial charge in [-0.3, -0.25) is 4.79 Å². The smallest absolute Gasteiger partial charge is 0.338 e. The van der Waals surface area contributed by atoms with Gasteiger partial charge in [0.05, 0.1) is 23.7 Å². The van der Waals surface area contributed by atoms with Gasteiger partial charge in [0.1, 0.15) is 6.04 Å². The third-order valence-electron chi connectivity index (χ3n) is 3.77. The van der Waals surface area contributed by atoms with Crippen molar-refractivity contribution >= 4 is 27.6 Å². The van der Waals surface area contributed by atoms with E-state index in [4.69, 9.17) is 4.74 Å². The Labute approximate surface area is 163 Å². The first kappa shape index (κ1) is 21.5. The molecule has 2 rings (SSSR count). The zero-order valence-corrected chi connectivity index (χ0v) is 16.3. The van der Waals surface area contributed by atoms with E-state index in [0.29, 0.717) is 0 Å². The summed E-state index contributed by atoms with van der Waals surface area (Å²) in [6, 6.07) is 10.7. The number of hydrogen-bond acceptors (Lipinski definition) is 6. The molecule has 1 amide bonds. The SMILES string of the molecule is CCOC(=O)c1cccc(NC(=O)C(CO)NS(=O)(=O)c2ccc(C)cc2)c1. The van der Waals surface area contributed by atoms with E-state index < -0.39 is 34.5 Å². The minimum atomic E-state index is -4.00. The van der Waals surface area contributed by atoms with E-state index in [1.54, 1.807) is 25.1 Å². The van der Waals surface area contributed by atoms with Crippen LogP contribution < -0.4 is 10.0 Å². The molecular weight excluding hydrogens is 384 g/mol. The van der Waals surface area contributed by atoms with Gasteiger partial charge >= 0.3 is 5.97 Å². The van der Waals surface area contributed by atoms with Crippen molar-refractivity contribution in [1.29, 1.82) is 0 Å². The van der Waals surface area contributed by atoms with Crippen molar-refractivity contribution in [3.8, 4) is 0 Å². The van der Waals surface area contributed by atoms with Crippen LogP contribution in [0, 0.1) is 6.92 Å². The number of nitrogens with one attached hydrogen (secondary N) is 2. The summed E-state index contributed by atoms with van der Waals surface area (Å²) in [6.45, 7) is 2.96. The number of aryl methyl sites for hydroxylation is 1. The summed E-state index contributed by atoms with van der Waals surface area (Å²) >= 11 is 0. The number of hydrogen-bond donors (Lipinski definition) is 3. The summed E-state index contributed by atoms with van der Waals surface area (Å²) in [5.41, 5.74) is 1.39. The van der Waals surface area contributed by atoms with Crippen LogP contribution >= 0.6 is 0 Å². The zero-order valence-electron chi connectivity index (χ0n) is 15.5. The van der Waals surface area contributed by atoms with Gasteiger partial charge in [0.25, 0.3) is 0 Å². The molecule has 2 aromatic rings. The molecule has 0 aliphatic carbocycles. The zero-order chi connectivity index (χ0) is 20.7. The Morgan fingerprint density at radius 3 is 2.43 bits per heavy atom. The lowest BCUT2D eigenvalue weighted by atomic mass is 10.2. The van der Waals surface area contributed by atoms with Gasteiger partial charge in [-0.1, -0.05) is 23.8 Å². The van der Waals surface area contributed by atoms with E-state index in [9.17, 15) is 23.1 Å². The molecule has 28 heavy (non-hydrogen) atoms. The van der Waals surface area contributed by atoms with Crippen LogP contribution in [0.1, 0.15) is 22.8 Å². The summed E-state index contributed by atoms with van der Waals surface area (Å²) < 4.78 is 31.9. The Bertz CT molecular complexity index is 941. The molecule has 0 aliphatic heterocycles. The number of anilines is 1. The molecule has 0 saturated carbocycles. The van der Waals surface area contributed by atoms with Crippen molar-refractivity contribution in [3.05, 3.63) is 59.7 Å². The number of carbonyl (C=O) groups excluding carboxylic acids is 2. The number of benzene rings is 2. The standard InChI is InChI=1S/C19H22N2O6S/c1-3-27-19(24)14-5-4-6-15(11-14)20-18(23)17(12-22)21-28(25,26)16-9-7-13(2)8-10-16/h4-11,17,21-22H,3,12H2,1-2H3,(H,20,23). The molecular formula is C19H22N2O6S. The molecule has 0 bridgehead atoms. The molecule has 150 valence electrons. The summed E-state index contributed by atoms with van der Waals surface area (Å²) in [6.07, 6.45) is 0. The first-order valence-electron chi connectivity index (χ1n) is 8.54. The molecule has 0 heterocycles. The van der Waals surface area contributed by atoms with Crippen molar-refractivity contribution in [1.82, 2.24) is 4.72 Å². The Morgan fingerprint density at radius 2 is 1.82 bits per heavy atom. The normalized spacial score (nSPS) is 12.2. The van der Waals surface area contributed by atoms with E-state index in [1.807, 2.05) is 6.92 Å². The summed E-state index contributed by atoms with van der Waals surface area (Å²) in [5.74, 6) is -1.31. The highest BCUT2D eigenvalue weighted by molar-refractivity contribution is 7.89. The van der Waals surface area contributed by atoms with Crippen molar-refractivity contribution < 1.29 is 27.9 Å². The fraction of sp³-hybridized carbons (Fsp3) is 0.263. The molecule has 0 fully saturated rings. The molecule has 8 nitrogen and oxygen atoms in total. The van der Waals surface area contributed by atoms with E-state index in [2.05, 4.69) is 10.0 Å². The molecule has 0 saturated heterocycles. The predicted octanol–water partition coefficient (Wildman–Crippen LogP) is 1.45. The van der Waals surface area contributed by atoms with Crippen LogP contribution in [0.25, 0.3) is 0 Å². The lowest BCUT2D eigenvalue weighted by Gasteiger charge is -2.17. The second-order valence-corrected chi connectivity index (χ2v) is 7.67. The number of aliphatic hydroxyl groups excluding tert-OH is 1. The van der Waals surface area contributed by atoms with Gasteiger partial charge in [0, 0.05) is 5.69 Å². The Hall–Kier alpha value is -2.75. The van der Waals surface area contributed by atoms with E-state index in [0.717, 1.165) is 5.56 Å². The molecule has 0 aliphatic rings. The molecule has 0 aromatic heterocycles. The largest absolute Gasteiger partial charge is 0.462 e. The maximum absolute atomic E-state index is 12.4. The van der Waals surface area contributed by atoms with Crippen LogP contribution in [-0.2, 0) is 19.6 Å². The van der Waals surface area contributed by atoms with Gasteiger partial charge in [-0.25, -0.2) is 13.2 Å². The lowest BCUT2D eigenvalue weighted by molar-refractivity contribution is -0.118. The van der Waals surface area contributed by atoms with Gasteiger partial charge in [-0.15, -0.1) is 0 Å². The topological polar surface area (TPSA) is 122 Å². The van der Waals surface area contributed by atoms with Gasteiger partial charge in [-0.05, 0) is 44.2 Å². The number of sulfonamides is 1. The van der Waals surface area contributed by atoms with Crippen molar-refractivity contribution in [2.75, 3.05) is 18.5 Å². The highest BCUT2D eigenvalue weighted by atomic mass is 32.2. The number of rotatable bonds is 8. The van der Waals surface area contributed by atoms with Crippen LogP contribution in [0.5, 0.6) is 0 Å². The average molecular weight is 406 g/mol. The number of ether oxygens (including phenoxy) is 1. The number of aliphatic hydroxyl groups is 1. The minimum absolute atomic E-state index is 0.0198. The third kappa shape index (κ3) is 5.62. The Kier molecular flexibility index (Phi) is 7.27. The van der Waals surface area contributed by atoms with E-state index >= 15 is 0 Å². The summed E-state index contributed by atoms with van der Waals surface area (Å²) in [7, 11) is -4.00. The first-order valence-corrected chi connectivity index (χ1v) is 10.0. The predicted molar refractivity (Wildman–Crippen MR) is 103 cm³/mol. The van der Waals surface area contributed by atoms with Crippen molar-refractivity contribution in [2.24, 2.45) is 0 Å². The van der Waals surface area contributed by atoms with Crippen LogP contribution in [-0.4, -0.2) is 44.7 Å². The van der Waals surface area contributed by atoms with Crippen LogP contribution in [0.15, 0.2) is 53.4 Å². The molecule has 1 unspecified atom stereocenters. The fourth-order valence-corrected chi connectivity index (χ4v) is 3.50. The van der Waals surface area contributed by atoms with E-state index in [1.165, 1.54) is 30.3 Å². The van der Waals surface area contributed by atoms with Gasteiger partial charge in [0.15, 0.2) is 0 Å². The number of esters is 1. The molecule has 1 atom stereocenters. The molecule has 9 heteroatoms. The maximum atomic E-state index is 12.4. The summed E-state index contributed by atoms with van der Waals surface area (Å²) in [5, 5.41) is 12.0. The second kappa shape index (κ2) is 9.45. The Balaban J connectivity index is 2.12. The quantitative estimate of drug-likeness (QED) is 0.571. The molecule has 3 N–H and O–H groups in total. The first-order chi connectivity index (χ1) is 13.3. The van der Waals surface area contributed by atoms with Gasteiger partial charge in [0.2, 0.25) is 15.9 Å². The van der Waals surface area contributed by atoms with Gasteiger partial charge < -0.3 is 15.2 Å².